The summed E-state index contributed by atoms with van der Waals surface area (Å²) in [7, 11) is -4.65. The lowest BCUT2D eigenvalue weighted by Gasteiger charge is -2.13. The SMILES string of the molecule is C=C(NS(=O)(=O)CC(F)(F)F)c1cccc(-c2cc(Oc3ccc(C(C)F)cc3)n(CC)n2)c1. The smallest absolute Gasteiger partial charge is 0.404 e. The Morgan fingerprint density at radius 1 is 1.18 bits per heavy atom. The molecule has 0 aliphatic rings. The van der Waals surface area contributed by atoms with Crippen molar-refractivity contribution in [3.8, 4) is 22.9 Å². The summed E-state index contributed by atoms with van der Waals surface area (Å²) in [6.07, 6.45) is -5.97. The minimum Gasteiger partial charge on any atom is -0.439 e. The topological polar surface area (TPSA) is 73.2 Å². The zero-order valence-electron chi connectivity index (χ0n) is 18.4. The summed E-state index contributed by atoms with van der Waals surface area (Å²) < 4.78 is 83.7. The minimum absolute atomic E-state index is 0.195. The van der Waals surface area contributed by atoms with Gasteiger partial charge < -0.3 is 4.74 Å². The predicted molar refractivity (Wildman–Crippen MR) is 121 cm³/mol. The molecule has 0 amide bonds. The van der Waals surface area contributed by atoms with Gasteiger partial charge in [0.25, 0.3) is 0 Å². The quantitative estimate of drug-likeness (QED) is 0.377. The van der Waals surface area contributed by atoms with Gasteiger partial charge in [0.2, 0.25) is 15.9 Å². The van der Waals surface area contributed by atoms with Gasteiger partial charge in [0.05, 0.1) is 5.69 Å². The monoisotopic (exact) mass is 497 g/mol. The summed E-state index contributed by atoms with van der Waals surface area (Å²) in [6.45, 7) is 7.35. The summed E-state index contributed by atoms with van der Waals surface area (Å²) in [5.74, 6) is -1.09. The third-order valence-corrected chi connectivity index (χ3v) is 6.01. The number of nitrogens with zero attached hydrogens (tertiary/aromatic N) is 2. The number of aromatic nitrogens is 2. The van der Waals surface area contributed by atoms with E-state index in [1.807, 2.05) is 11.6 Å². The summed E-state index contributed by atoms with van der Waals surface area (Å²) in [5, 5.41) is 4.48. The lowest BCUT2D eigenvalue weighted by atomic mass is 10.1. The van der Waals surface area contributed by atoms with Crippen LogP contribution in [0, 0.1) is 0 Å². The number of rotatable bonds is 9. The first-order chi connectivity index (χ1) is 15.9. The summed E-state index contributed by atoms with van der Waals surface area (Å²) in [5.41, 5.74) is 1.69. The van der Waals surface area contributed by atoms with Crippen LogP contribution in [0.5, 0.6) is 11.6 Å². The van der Waals surface area contributed by atoms with Crippen LogP contribution >= 0.6 is 0 Å². The molecule has 3 aromatic rings. The number of alkyl halides is 4. The Balaban J connectivity index is 1.82. The van der Waals surface area contributed by atoms with E-state index in [4.69, 9.17) is 4.74 Å². The average molecular weight is 498 g/mol. The van der Waals surface area contributed by atoms with Crippen LogP contribution in [0.1, 0.15) is 31.1 Å². The van der Waals surface area contributed by atoms with Gasteiger partial charge in [-0.15, -0.1) is 0 Å². The van der Waals surface area contributed by atoms with Crippen molar-refractivity contribution in [2.45, 2.75) is 32.7 Å². The fraction of sp³-hybridized carbons (Fsp3) is 0.261. The normalized spacial score (nSPS) is 12.9. The fourth-order valence-corrected chi connectivity index (χ4v) is 4.13. The standard InChI is InChI=1S/C23H23F4N3O3S/c1-4-30-22(33-20-10-8-17(9-11-20)15(2)24)13-21(28-30)19-7-5-6-18(12-19)16(3)29-34(31,32)14-23(25,26)27/h5-13,15,29H,3-4,14H2,1-2H3. The number of ether oxygens (including phenoxy) is 1. The van der Waals surface area contributed by atoms with Gasteiger partial charge in [0, 0.05) is 23.9 Å². The molecule has 6 nitrogen and oxygen atoms in total. The van der Waals surface area contributed by atoms with Crippen molar-refractivity contribution >= 4 is 15.7 Å². The van der Waals surface area contributed by atoms with Crippen molar-refractivity contribution in [1.29, 1.82) is 0 Å². The van der Waals surface area contributed by atoms with Crippen LogP contribution in [-0.2, 0) is 16.6 Å². The molecule has 34 heavy (non-hydrogen) atoms. The van der Waals surface area contributed by atoms with Gasteiger partial charge in [0.15, 0.2) is 5.75 Å². The summed E-state index contributed by atoms with van der Waals surface area (Å²) >= 11 is 0. The van der Waals surface area contributed by atoms with Crippen molar-refractivity contribution in [1.82, 2.24) is 14.5 Å². The molecule has 1 N–H and O–H groups in total. The van der Waals surface area contributed by atoms with E-state index >= 15 is 0 Å². The number of hydrogen-bond donors (Lipinski definition) is 1. The van der Waals surface area contributed by atoms with Crippen LogP contribution in [0.3, 0.4) is 0 Å². The Hall–Kier alpha value is -3.34. The van der Waals surface area contributed by atoms with Crippen molar-refractivity contribution in [2.75, 3.05) is 5.75 Å². The second-order valence-electron chi connectivity index (χ2n) is 7.51. The molecule has 0 saturated heterocycles. The predicted octanol–water partition coefficient (Wildman–Crippen LogP) is 5.85. The van der Waals surface area contributed by atoms with E-state index in [0.717, 1.165) is 0 Å². The van der Waals surface area contributed by atoms with Gasteiger partial charge in [-0.3, -0.25) is 4.72 Å². The highest BCUT2D eigenvalue weighted by Crippen LogP contribution is 2.30. The van der Waals surface area contributed by atoms with Crippen molar-refractivity contribution in [3.63, 3.8) is 0 Å². The maximum atomic E-state index is 13.4. The molecule has 0 fully saturated rings. The van der Waals surface area contributed by atoms with Crippen molar-refractivity contribution in [2.24, 2.45) is 0 Å². The third kappa shape index (κ3) is 6.60. The molecule has 2 aromatic carbocycles. The molecule has 0 bridgehead atoms. The van der Waals surface area contributed by atoms with E-state index in [0.29, 0.717) is 35.0 Å². The molecule has 3 rings (SSSR count). The van der Waals surface area contributed by atoms with Crippen LogP contribution in [0.4, 0.5) is 17.6 Å². The number of sulfonamides is 1. The van der Waals surface area contributed by atoms with E-state index in [1.54, 1.807) is 53.2 Å². The van der Waals surface area contributed by atoms with E-state index in [-0.39, 0.29) is 11.3 Å². The van der Waals surface area contributed by atoms with Gasteiger partial charge in [-0.1, -0.05) is 36.9 Å². The Morgan fingerprint density at radius 3 is 2.44 bits per heavy atom. The van der Waals surface area contributed by atoms with Crippen LogP contribution in [-0.4, -0.2) is 30.1 Å². The minimum atomic E-state index is -4.87. The van der Waals surface area contributed by atoms with Crippen LogP contribution < -0.4 is 9.46 Å². The first-order valence-corrected chi connectivity index (χ1v) is 11.9. The zero-order valence-corrected chi connectivity index (χ0v) is 19.3. The summed E-state index contributed by atoms with van der Waals surface area (Å²) in [4.78, 5) is 0. The maximum Gasteiger partial charge on any atom is 0.404 e. The Kier molecular flexibility index (Phi) is 7.35. The highest BCUT2D eigenvalue weighted by molar-refractivity contribution is 7.89. The highest BCUT2D eigenvalue weighted by Gasteiger charge is 2.35. The number of benzene rings is 2. The highest BCUT2D eigenvalue weighted by atomic mass is 32.2. The second-order valence-corrected chi connectivity index (χ2v) is 9.23. The average Bonchev–Trinajstić information content (AvgIpc) is 3.15. The lowest BCUT2D eigenvalue weighted by Crippen LogP contribution is -2.32. The molecular weight excluding hydrogens is 474 g/mol. The van der Waals surface area contributed by atoms with E-state index < -0.39 is 28.1 Å². The van der Waals surface area contributed by atoms with Crippen LogP contribution in [0.25, 0.3) is 17.0 Å². The molecule has 0 saturated carbocycles. The van der Waals surface area contributed by atoms with E-state index in [9.17, 15) is 26.0 Å². The molecule has 182 valence electrons. The number of halogens is 4. The van der Waals surface area contributed by atoms with Crippen LogP contribution in [0.15, 0.2) is 61.2 Å². The maximum absolute atomic E-state index is 13.4. The molecule has 1 atom stereocenters. The zero-order chi connectivity index (χ0) is 25.1. The van der Waals surface area contributed by atoms with Crippen molar-refractivity contribution < 1.29 is 30.7 Å². The lowest BCUT2D eigenvalue weighted by molar-refractivity contribution is -0.106. The van der Waals surface area contributed by atoms with Gasteiger partial charge in [0.1, 0.15) is 11.9 Å². The molecule has 11 heteroatoms. The Labute approximate surface area is 194 Å². The Morgan fingerprint density at radius 2 is 1.85 bits per heavy atom. The molecule has 0 radical (unpaired) electrons. The van der Waals surface area contributed by atoms with E-state index in [1.165, 1.54) is 13.0 Å². The molecule has 0 spiro atoms. The molecule has 0 aliphatic heterocycles. The molecule has 1 aromatic heterocycles. The molecular formula is C23H23F4N3O3S. The molecule has 1 unspecified atom stereocenters. The van der Waals surface area contributed by atoms with E-state index in [2.05, 4.69) is 11.7 Å². The Bertz CT molecular complexity index is 1270. The number of hydrogen-bond acceptors (Lipinski definition) is 4. The summed E-state index contributed by atoms with van der Waals surface area (Å²) in [6, 6.07) is 14.6. The molecule has 0 aliphatic carbocycles. The van der Waals surface area contributed by atoms with Gasteiger partial charge in [-0.05, 0) is 43.2 Å². The third-order valence-electron chi connectivity index (χ3n) is 4.74. The van der Waals surface area contributed by atoms with Gasteiger partial charge >= 0.3 is 6.18 Å². The first kappa shape index (κ1) is 25.3. The van der Waals surface area contributed by atoms with Gasteiger partial charge in [-0.2, -0.15) is 18.3 Å². The number of aryl methyl sites for hydroxylation is 1. The largest absolute Gasteiger partial charge is 0.439 e. The fourth-order valence-electron chi connectivity index (χ4n) is 3.14. The van der Waals surface area contributed by atoms with Crippen LogP contribution in [0.2, 0.25) is 0 Å². The first-order valence-electron chi connectivity index (χ1n) is 10.2. The van der Waals surface area contributed by atoms with Crippen molar-refractivity contribution in [3.05, 3.63) is 72.3 Å². The number of nitrogens with one attached hydrogen (secondary N) is 1. The molecule has 1 heterocycles. The van der Waals surface area contributed by atoms with Gasteiger partial charge in [-0.25, -0.2) is 17.5 Å². The second kappa shape index (κ2) is 9.88.